The van der Waals surface area contributed by atoms with Crippen molar-refractivity contribution in [3.63, 3.8) is 0 Å². The van der Waals surface area contributed by atoms with E-state index in [4.69, 9.17) is 32.1 Å². The maximum Gasteiger partial charge on any atom is 0.417 e. The number of anilines is 2. The van der Waals surface area contributed by atoms with E-state index in [-0.39, 0.29) is 17.4 Å². The fourth-order valence-electron chi connectivity index (χ4n) is 3.98. The van der Waals surface area contributed by atoms with E-state index in [9.17, 15) is 23.1 Å². The van der Waals surface area contributed by atoms with Crippen molar-refractivity contribution in [1.82, 2.24) is 0 Å². The second-order valence-corrected chi connectivity index (χ2v) is 8.87. The van der Waals surface area contributed by atoms with Gasteiger partial charge in [0.05, 0.1) is 29.5 Å². The summed E-state index contributed by atoms with van der Waals surface area (Å²) in [4.78, 5) is 15.8. The van der Waals surface area contributed by atoms with E-state index in [0.29, 0.717) is 17.2 Å². The Hall–Kier alpha value is -3.40. The molecule has 0 unspecified atom stereocenters. The van der Waals surface area contributed by atoms with Gasteiger partial charge in [0.2, 0.25) is 0 Å². The zero-order valence-corrected chi connectivity index (χ0v) is 19.4. The molecule has 1 saturated heterocycles. The van der Waals surface area contributed by atoms with Crippen molar-refractivity contribution in [1.29, 1.82) is 5.26 Å². The zero-order chi connectivity index (χ0) is 25.7. The van der Waals surface area contributed by atoms with E-state index in [1.54, 1.807) is 32.0 Å². The SMILES string of the molecule is CC1(C)C(=O)N(c2ccc(C#N)c(C(F)(F)F)c2)C(=S)N1c1ccc2c(c1)OC[C@H]([C@@H](O)CO)O2. The van der Waals surface area contributed by atoms with Crippen molar-refractivity contribution >= 4 is 34.6 Å². The highest BCUT2D eigenvalue weighted by Crippen LogP contribution is 2.42. The third-order valence-electron chi connectivity index (χ3n) is 5.84. The number of ether oxygens (including phenoxy) is 2. The summed E-state index contributed by atoms with van der Waals surface area (Å²) in [5.41, 5.74) is -2.66. The monoisotopic (exact) mass is 507 g/mol. The number of carbonyl (C=O) groups excluding carboxylic acids is 1. The van der Waals surface area contributed by atoms with Crippen LogP contribution >= 0.6 is 12.2 Å². The number of carbonyl (C=O) groups is 1. The quantitative estimate of drug-likeness (QED) is 0.609. The normalized spacial score (nSPS) is 20.1. The first-order chi connectivity index (χ1) is 16.4. The van der Waals surface area contributed by atoms with Gasteiger partial charge in [0.15, 0.2) is 22.7 Å². The molecule has 0 radical (unpaired) electrons. The molecule has 2 heterocycles. The molecule has 1 fully saturated rings. The Kier molecular flexibility index (Phi) is 6.12. The van der Waals surface area contributed by atoms with Crippen molar-refractivity contribution in [3.05, 3.63) is 47.5 Å². The largest absolute Gasteiger partial charge is 0.486 e. The lowest BCUT2D eigenvalue weighted by Crippen LogP contribution is -2.44. The molecule has 2 N–H and O–H groups in total. The summed E-state index contributed by atoms with van der Waals surface area (Å²) in [6, 6.07) is 9.22. The molecule has 0 aliphatic carbocycles. The summed E-state index contributed by atoms with van der Waals surface area (Å²) in [5.74, 6) is 0.0676. The third-order valence-corrected chi connectivity index (χ3v) is 6.20. The Bertz CT molecular complexity index is 1240. The predicted molar refractivity (Wildman–Crippen MR) is 122 cm³/mol. The number of thiocarbonyl (C=S) groups is 1. The molecule has 12 heteroatoms. The van der Waals surface area contributed by atoms with Crippen LogP contribution in [0.25, 0.3) is 0 Å². The first-order valence-electron chi connectivity index (χ1n) is 10.4. The van der Waals surface area contributed by atoms with Gasteiger partial charge in [-0.25, -0.2) is 0 Å². The highest BCUT2D eigenvalue weighted by molar-refractivity contribution is 7.81. The van der Waals surface area contributed by atoms with E-state index in [2.05, 4.69) is 0 Å². The second-order valence-electron chi connectivity index (χ2n) is 8.51. The van der Waals surface area contributed by atoms with Gasteiger partial charge in [-0.2, -0.15) is 18.4 Å². The number of rotatable bonds is 4. The van der Waals surface area contributed by atoms with Crippen LogP contribution in [0.4, 0.5) is 24.5 Å². The molecular weight excluding hydrogens is 487 g/mol. The van der Waals surface area contributed by atoms with Crippen molar-refractivity contribution in [2.24, 2.45) is 0 Å². The predicted octanol–water partition coefficient (Wildman–Crippen LogP) is 2.99. The van der Waals surface area contributed by atoms with Gasteiger partial charge < -0.3 is 24.6 Å². The lowest BCUT2D eigenvalue weighted by atomic mass is 10.0. The second kappa shape index (κ2) is 8.67. The minimum Gasteiger partial charge on any atom is -0.486 e. The molecule has 184 valence electrons. The van der Waals surface area contributed by atoms with Crippen molar-refractivity contribution in [2.45, 2.75) is 37.8 Å². The number of nitrogens with zero attached hydrogens (tertiary/aromatic N) is 3. The Morgan fingerprint density at radius 3 is 2.54 bits per heavy atom. The fourth-order valence-corrected chi connectivity index (χ4v) is 4.50. The van der Waals surface area contributed by atoms with E-state index in [1.807, 2.05) is 0 Å². The van der Waals surface area contributed by atoms with Gasteiger partial charge in [-0.3, -0.25) is 9.69 Å². The topological polar surface area (TPSA) is 106 Å². The van der Waals surface area contributed by atoms with Crippen LogP contribution in [0.2, 0.25) is 0 Å². The molecule has 2 aliphatic rings. The maximum absolute atomic E-state index is 13.5. The molecule has 2 aromatic rings. The number of aliphatic hydroxyl groups excluding tert-OH is 2. The summed E-state index contributed by atoms with van der Waals surface area (Å²) in [5, 5.41) is 27.9. The van der Waals surface area contributed by atoms with E-state index < -0.39 is 47.6 Å². The molecule has 2 aromatic carbocycles. The molecule has 35 heavy (non-hydrogen) atoms. The number of aliphatic hydroxyl groups is 2. The van der Waals surface area contributed by atoms with Crippen LogP contribution in [0.15, 0.2) is 36.4 Å². The Morgan fingerprint density at radius 1 is 1.23 bits per heavy atom. The van der Waals surface area contributed by atoms with E-state index in [0.717, 1.165) is 17.0 Å². The number of fused-ring (bicyclic) bond motifs is 1. The van der Waals surface area contributed by atoms with Crippen LogP contribution in [0.5, 0.6) is 11.5 Å². The summed E-state index contributed by atoms with van der Waals surface area (Å²) in [6.07, 6.45) is -6.69. The maximum atomic E-state index is 13.5. The average Bonchev–Trinajstić information content (AvgIpc) is 3.00. The number of alkyl halides is 3. The van der Waals surface area contributed by atoms with Crippen molar-refractivity contribution in [3.8, 4) is 17.6 Å². The van der Waals surface area contributed by atoms with Gasteiger partial charge in [0.1, 0.15) is 18.2 Å². The van der Waals surface area contributed by atoms with Crippen molar-refractivity contribution < 1.29 is 37.7 Å². The van der Waals surface area contributed by atoms with Crippen LogP contribution in [0.1, 0.15) is 25.0 Å². The van der Waals surface area contributed by atoms with E-state index >= 15 is 0 Å². The van der Waals surface area contributed by atoms with Gasteiger partial charge in [-0.1, -0.05) is 0 Å². The fraction of sp³-hybridized carbons (Fsp3) is 0.348. The van der Waals surface area contributed by atoms with Crippen LogP contribution < -0.4 is 19.3 Å². The molecule has 4 rings (SSSR count). The van der Waals surface area contributed by atoms with Gasteiger partial charge in [0.25, 0.3) is 5.91 Å². The third kappa shape index (κ3) is 4.16. The average molecular weight is 507 g/mol. The summed E-state index contributed by atoms with van der Waals surface area (Å²) < 4.78 is 51.8. The summed E-state index contributed by atoms with van der Waals surface area (Å²) in [7, 11) is 0. The number of hydrogen-bond donors (Lipinski definition) is 2. The van der Waals surface area contributed by atoms with Gasteiger partial charge >= 0.3 is 6.18 Å². The highest BCUT2D eigenvalue weighted by Gasteiger charge is 2.51. The molecule has 0 saturated carbocycles. The zero-order valence-electron chi connectivity index (χ0n) is 18.5. The van der Waals surface area contributed by atoms with Crippen LogP contribution in [-0.2, 0) is 11.0 Å². The molecular formula is C23H20F3N3O5S. The van der Waals surface area contributed by atoms with E-state index in [1.165, 1.54) is 17.0 Å². The molecule has 2 aliphatic heterocycles. The Morgan fingerprint density at radius 2 is 1.91 bits per heavy atom. The van der Waals surface area contributed by atoms with Crippen LogP contribution in [0, 0.1) is 11.3 Å². The summed E-state index contributed by atoms with van der Waals surface area (Å²) in [6.45, 7) is 2.64. The number of hydrogen-bond acceptors (Lipinski definition) is 7. The molecule has 8 nitrogen and oxygen atoms in total. The standard InChI is InChI=1S/C23H20F3N3O5S/c1-22(2)20(32)28(13-4-3-12(9-27)15(7-13)23(24,25)26)21(35)29(22)14-5-6-17-18(8-14)33-11-19(34-17)16(31)10-30/h3-8,16,19,30-31H,10-11H2,1-2H3/t16-,19+/m0/s1. The molecule has 0 spiro atoms. The highest BCUT2D eigenvalue weighted by atomic mass is 32.1. The number of benzene rings is 2. The van der Waals surface area contributed by atoms with Crippen molar-refractivity contribution in [2.75, 3.05) is 23.0 Å². The minimum atomic E-state index is -4.79. The van der Waals surface area contributed by atoms with Gasteiger partial charge in [-0.15, -0.1) is 0 Å². The van der Waals surface area contributed by atoms with Crippen LogP contribution in [-0.4, -0.2) is 52.2 Å². The molecule has 0 aromatic heterocycles. The lowest BCUT2D eigenvalue weighted by Gasteiger charge is -2.32. The minimum absolute atomic E-state index is 0.0253. The van der Waals surface area contributed by atoms with Gasteiger partial charge in [-0.05, 0) is 56.4 Å². The molecule has 0 bridgehead atoms. The Labute approximate surface area is 203 Å². The molecule has 2 atom stereocenters. The summed E-state index contributed by atoms with van der Waals surface area (Å²) >= 11 is 5.53. The number of halogens is 3. The lowest BCUT2D eigenvalue weighted by molar-refractivity contribution is -0.137. The smallest absolute Gasteiger partial charge is 0.417 e. The first kappa shape index (κ1) is 24.7. The Balaban J connectivity index is 1.70. The number of amides is 1. The van der Waals surface area contributed by atoms with Crippen LogP contribution in [0.3, 0.4) is 0 Å². The first-order valence-corrected chi connectivity index (χ1v) is 10.8. The number of nitriles is 1. The molecule has 1 amide bonds. The van der Waals surface area contributed by atoms with Gasteiger partial charge in [0, 0.05) is 11.8 Å².